The number of aromatic nitrogens is 6. The van der Waals surface area contributed by atoms with E-state index in [2.05, 4.69) is 45.7 Å². The van der Waals surface area contributed by atoms with Gasteiger partial charge in [-0.15, -0.1) is 0 Å². The van der Waals surface area contributed by atoms with Gasteiger partial charge in [0.05, 0.1) is 11.4 Å². The van der Waals surface area contributed by atoms with E-state index in [0.29, 0.717) is 0 Å². The number of nitrogens with zero attached hydrogens (tertiary/aromatic N) is 6. The highest BCUT2D eigenvalue weighted by Gasteiger charge is 2.45. The van der Waals surface area contributed by atoms with Crippen LogP contribution in [0.15, 0.2) is 36.8 Å². The van der Waals surface area contributed by atoms with E-state index < -0.39 is 0 Å². The van der Waals surface area contributed by atoms with E-state index in [9.17, 15) is 4.79 Å². The second-order valence-electron chi connectivity index (χ2n) is 9.07. The Labute approximate surface area is 179 Å². The average Bonchev–Trinajstić information content (AvgIpc) is 3.57. The van der Waals surface area contributed by atoms with E-state index in [1.165, 1.54) is 5.69 Å². The van der Waals surface area contributed by atoms with Crippen molar-refractivity contribution in [3.63, 3.8) is 0 Å². The number of fused-ring (bicyclic) bond motifs is 3. The molecular weight excluding hydrogens is 390 g/mol. The lowest BCUT2D eigenvalue weighted by molar-refractivity contribution is -0.117. The van der Waals surface area contributed by atoms with Gasteiger partial charge < -0.3 is 9.88 Å². The molecule has 0 aromatic carbocycles. The summed E-state index contributed by atoms with van der Waals surface area (Å²) in [5.74, 6) is 0. The molecule has 1 N–H and O–H groups in total. The maximum Gasteiger partial charge on any atom is 0.209 e. The van der Waals surface area contributed by atoms with E-state index in [1.807, 2.05) is 34.2 Å². The van der Waals surface area contributed by atoms with E-state index in [4.69, 9.17) is 5.10 Å². The Balaban J connectivity index is 1.42. The minimum atomic E-state index is 0.0483. The van der Waals surface area contributed by atoms with Gasteiger partial charge >= 0.3 is 0 Å². The molecule has 1 unspecified atom stereocenters. The number of pyridine rings is 1. The fourth-order valence-electron chi connectivity index (χ4n) is 5.31. The van der Waals surface area contributed by atoms with Crippen LogP contribution < -0.4 is 0 Å². The van der Waals surface area contributed by atoms with Crippen LogP contribution in [0.2, 0.25) is 0 Å². The summed E-state index contributed by atoms with van der Waals surface area (Å²) >= 11 is 0. The first-order valence-corrected chi connectivity index (χ1v) is 10.9. The van der Waals surface area contributed by atoms with Gasteiger partial charge in [0.15, 0.2) is 0 Å². The molecule has 4 aromatic heterocycles. The molecule has 1 atom stereocenters. The number of H-pyrrole nitrogens is 1. The van der Waals surface area contributed by atoms with Gasteiger partial charge in [0.2, 0.25) is 6.41 Å². The highest BCUT2D eigenvalue weighted by atomic mass is 16.1. The normalized spacial score (nSPS) is 20.4. The molecule has 1 saturated heterocycles. The summed E-state index contributed by atoms with van der Waals surface area (Å²) in [5, 5.41) is 10.5. The molecule has 6 heterocycles. The van der Waals surface area contributed by atoms with E-state index >= 15 is 0 Å². The maximum atomic E-state index is 11.3. The second kappa shape index (κ2) is 6.54. The van der Waals surface area contributed by atoms with Crippen molar-refractivity contribution in [3.8, 4) is 22.5 Å². The fourth-order valence-corrected chi connectivity index (χ4v) is 5.31. The minimum Gasteiger partial charge on any atom is -0.345 e. The lowest BCUT2D eigenvalue weighted by Gasteiger charge is -2.21. The quantitative estimate of drug-likeness (QED) is 0.518. The highest BCUT2D eigenvalue weighted by Crippen LogP contribution is 2.43. The summed E-state index contributed by atoms with van der Waals surface area (Å²) in [6.07, 6.45) is 8.77. The lowest BCUT2D eigenvalue weighted by Crippen LogP contribution is -2.28. The molecular formula is C23H25N7O. The zero-order chi connectivity index (χ0) is 21.2. The molecule has 31 heavy (non-hydrogen) atoms. The summed E-state index contributed by atoms with van der Waals surface area (Å²) in [4.78, 5) is 21.1. The molecule has 6 rings (SSSR count). The third-order valence-corrected chi connectivity index (χ3v) is 6.92. The van der Waals surface area contributed by atoms with Crippen molar-refractivity contribution in [1.29, 1.82) is 0 Å². The zero-order valence-electron chi connectivity index (χ0n) is 17.7. The Morgan fingerprint density at radius 1 is 1.23 bits per heavy atom. The largest absolute Gasteiger partial charge is 0.345 e. The second-order valence-corrected chi connectivity index (χ2v) is 9.07. The van der Waals surface area contributed by atoms with Gasteiger partial charge in [0, 0.05) is 71.9 Å². The molecule has 0 saturated carbocycles. The number of nitrogens with one attached hydrogen (secondary N) is 1. The van der Waals surface area contributed by atoms with Crippen molar-refractivity contribution in [1.82, 2.24) is 34.4 Å². The third kappa shape index (κ3) is 2.67. The highest BCUT2D eigenvalue weighted by molar-refractivity contribution is 5.94. The molecule has 0 bridgehead atoms. The van der Waals surface area contributed by atoms with Crippen molar-refractivity contribution >= 4 is 17.4 Å². The van der Waals surface area contributed by atoms with Crippen LogP contribution in [0.5, 0.6) is 0 Å². The van der Waals surface area contributed by atoms with Crippen molar-refractivity contribution in [3.05, 3.63) is 42.5 Å². The fraction of sp³-hybridized carbons (Fsp3) is 0.391. The maximum absolute atomic E-state index is 11.3. The van der Waals surface area contributed by atoms with Crippen LogP contribution in [0.3, 0.4) is 0 Å². The van der Waals surface area contributed by atoms with Gasteiger partial charge in [-0.25, -0.2) is 4.98 Å². The first-order chi connectivity index (χ1) is 15.1. The lowest BCUT2D eigenvalue weighted by atomic mass is 9.82. The number of carbonyl (C=O) groups excluding carboxylic acids is 1. The van der Waals surface area contributed by atoms with Crippen LogP contribution in [0.1, 0.15) is 38.4 Å². The Hall–Kier alpha value is -3.42. The molecule has 158 valence electrons. The van der Waals surface area contributed by atoms with Crippen LogP contribution in [-0.2, 0) is 16.8 Å². The van der Waals surface area contributed by atoms with Crippen LogP contribution in [0.4, 0.5) is 0 Å². The molecule has 1 fully saturated rings. The first kappa shape index (κ1) is 18.4. The zero-order valence-corrected chi connectivity index (χ0v) is 17.7. The van der Waals surface area contributed by atoms with Gasteiger partial charge in [-0.2, -0.15) is 10.2 Å². The van der Waals surface area contributed by atoms with Gasteiger partial charge in [-0.3, -0.25) is 14.2 Å². The Bertz CT molecular complexity index is 1300. The monoisotopic (exact) mass is 415 g/mol. The number of aromatic amines is 1. The minimum absolute atomic E-state index is 0.0483. The number of aryl methyl sites for hydroxylation is 1. The van der Waals surface area contributed by atoms with Crippen LogP contribution in [-0.4, -0.2) is 53.9 Å². The standard InChI is InChI=1S/C23H25N7O/c1-15(2)30-20(3-6-26-30)18-12-25-22-17(18)9-16(11-24-22)19-10-21-23(5-8-29(21)27-19)4-7-28(13-23)14-31/h3,6,9-12,14-15H,4-5,7-8,13H2,1-2H3,(H,24,25). The molecule has 4 aromatic rings. The van der Waals surface area contributed by atoms with Gasteiger partial charge in [0.1, 0.15) is 5.65 Å². The summed E-state index contributed by atoms with van der Waals surface area (Å²) in [6.45, 7) is 6.78. The van der Waals surface area contributed by atoms with Crippen molar-refractivity contribution in [2.45, 2.75) is 44.7 Å². The smallest absolute Gasteiger partial charge is 0.209 e. The predicted octanol–water partition coefficient (Wildman–Crippen LogP) is 3.37. The van der Waals surface area contributed by atoms with E-state index in [-0.39, 0.29) is 11.5 Å². The molecule has 0 aliphatic carbocycles. The Morgan fingerprint density at radius 2 is 2.10 bits per heavy atom. The average molecular weight is 416 g/mol. The predicted molar refractivity (Wildman–Crippen MR) is 117 cm³/mol. The van der Waals surface area contributed by atoms with Gasteiger partial charge in [-0.05, 0) is 44.9 Å². The molecule has 2 aliphatic rings. The first-order valence-electron chi connectivity index (χ1n) is 10.9. The Morgan fingerprint density at radius 3 is 2.90 bits per heavy atom. The Kier molecular flexibility index (Phi) is 3.87. The number of likely N-dealkylation sites (tertiary alicyclic amines) is 1. The van der Waals surface area contributed by atoms with E-state index in [1.54, 1.807) is 0 Å². The number of rotatable bonds is 4. The van der Waals surface area contributed by atoms with Crippen molar-refractivity contribution in [2.75, 3.05) is 13.1 Å². The van der Waals surface area contributed by atoms with E-state index in [0.717, 1.165) is 72.4 Å². The molecule has 1 amide bonds. The summed E-state index contributed by atoms with van der Waals surface area (Å²) in [5.41, 5.74) is 6.27. The number of hydrogen-bond acceptors (Lipinski definition) is 4. The number of carbonyl (C=O) groups is 1. The summed E-state index contributed by atoms with van der Waals surface area (Å²) < 4.78 is 4.16. The van der Waals surface area contributed by atoms with Crippen LogP contribution in [0.25, 0.3) is 33.5 Å². The van der Waals surface area contributed by atoms with Crippen LogP contribution in [0, 0.1) is 0 Å². The summed E-state index contributed by atoms with van der Waals surface area (Å²) in [6, 6.07) is 6.69. The topological polar surface area (TPSA) is 84.6 Å². The SMILES string of the molecule is CC(C)n1nccc1-c1c[nH]c2ncc(-c3cc4n(n3)CCC43CCN(C=O)C3)cc12. The summed E-state index contributed by atoms with van der Waals surface area (Å²) in [7, 11) is 0. The molecule has 8 heteroatoms. The molecule has 2 aliphatic heterocycles. The molecule has 0 radical (unpaired) electrons. The van der Waals surface area contributed by atoms with Crippen molar-refractivity contribution in [2.24, 2.45) is 0 Å². The number of amides is 1. The van der Waals surface area contributed by atoms with Gasteiger partial charge in [-0.1, -0.05) is 0 Å². The number of hydrogen-bond donors (Lipinski definition) is 1. The van der Waals surface area contributed by atoms with Crippen molar-refractivity contribution < 1.29 is 4.79 Å². The molecule has 8 nitrogen and oxygen atoms in total. The van der Waals surface area contributed by atoms with Gasteiger partial charge in [0.25, 0.3) is 0 Å². The molecule has 1 spiro atoms. The van der Waals surface area contributed by atoms with Crippen LogP contribution >= 0.6 is 0 Å². The third-order valence-electron chi connectivity index (χ3n) is 6.92.